The number of aryl methyl sites for hydroxylation is 15. The van der Waals surface area contributed by atoms with E-state index in [2.05, 4.69) is 95.5 Å². The van der Waals surface area contributed by atoms with Gasteiger partial charge in [0, 0.05) is 67.1 Å². The number of hydrogen-bond acceptors (Lipinski definition) is 16. The van der Waals surface area contributed by atoms with Crippen LogP contribution in [-0.2, 0) is 0 Å². The van der Waals surface area contributed by atoms with E-state index in [0.29, 0.717) is 74.1 Å². The van der Waals surface area contributed by atoms with Crippen molar-refractivity contribution in [3.05, 3.63) is 424 Å². The quantitative estimate of drug-likeness (QED) is 0.0303. The minimum absolute atomic E-state index is 0.288. The van der Waals surface area contributed by atoms with E-state index in [4.69, 9.17) is 99.8 Å². The summed E-state index contributed by atoms with van der Waals surface area (Å²) in [6, 6.07) is 84.7. The molecule has 0 bridgehead atoms. The summed E-state index contributed by atoms with van der Waals surface area (Å²) in [4.78, 5) is 71.7. The van der Waals surface area contributed by atoms with Gasteiger partial charge in [-0.15, -0.1) is 45.0 Å². The number of ether oxygens (including phenoxy) is 9. The van der Waals surface area contributed by atoms with Crippen molar-refractivity contribution in [1.82, 2.24) is 0 Å². The van der Waals surface area contributed by atoms with E-state index < -0.39 is 24.6 Å². The maximum atomic E-state index is 12.3. The molecule has 0 aromatic heterocycles. The number of carbonyl (C=O) groups excluding carboxylic acids is 6. The molecule has 19 heteroatoms. The minimum Gasteiger partial charge on any atom is -0.422 e. The van der Waals surface area contributed by atoms with Gasteiger partial charge in [-0.25, -0.2) is 28.8 Å². The van der Waals surface area contributed by atoms with Crippen LogP contribution in [0.15, 0.2) is 285 Å². The van der Waals surface area contributed by atoms with Gasteiger partial charge < -0.3 is 58.6 Å². The summed E-state index contributed by atoms with van der Waals surface area (Å²) in [7, 11) is 0. The van der Waals surface area contributed by atoms with E-state index in [0.717, 1.165) is 128 Å². The molecule has 14 aromatic carbocycles. The third-order valence-corrected chi connectivity index (χ3v) is 20.3. The van der Waals surface area contributed by atoms with Crippen molar-refractivity contribution in [2.75, 3.05) is 16.0 Å². The number of thiocarbonyl (C=S) groups is 1. The van der Waals surface area contributed by atoms with Crippen molar-refractivity contribution >= 4 is 70.9 Å². The molecule has 0 aliphatic heterocycles. The molecule has 0 radical (unpaired) electrons. The van der Waals surface area contributed by atoms with Gasteiger partial charge in [-0.1, -0.05) is 143 Å². The monoisotopic (exact) mass is 1870 g/mol. The fourth-order valence-corrected chi connectivity index (χ4v) is 13.5. The Bertz CT molecular complexity index is 6960. The van der Waals surface area contributed by atoms with Crippen molar-refractivity contribution in [3.63, 3.8) is 0 Å². The number of urea groups is 1. The second-order valence-corrected chi connectivity index (χ2v) is 32.6. The van der Waals surface area contributed by atoms with Crippen LogP contribution in [0.2, 0.25) is 0 Å². The topological polar surface area (TPSA) is 222 Å². The summed E-state index contributed by atoms with van der Waals surface area (Å²) in [5.41, 5.74) is 25.9. The average molecular weight is 1870 g/mol. The van der Waals surface area contributed by atoms with Gasteiger partial charge in [0.1, 0.15) is 56.7 Å². The predicted molar refractivity (Wildman–Crippen MR) is 561 cm³/mol. The van der Waals surface area contributed by atoms with Gasteiger partial charge >= 0.3 is 36.6 Å². The Balaban J connectivity index is 0.000000200. The van der Waals surface area contributed by atoms with Crippen LogP contribution >= 0.6 is 12.2 Å². The first kappa shape index (κ1) is 107. The molecule has 14 aromatic rings. The van der Waals surface area contributed by atoms with Gasteiger partial charge in [0.25, 0.3) is 0 Å². The molecule has 2 amide bonds. The van der Waals surface area contributed by atoms with Crippen LogP contribution in [0.3, 0.4) is 0 Å². The minimum atomic E-state index is -0.789. The maximum absolute atomic E-state index is 12.3. The maximum Gasteiger partial charge on any atom is 0.519 e. The molecule has 0 saturated heterocycles. The zero-order chi connectivity index (χ0) is 102. The zero-order valence-corrected chi connectivity index (χ0v) is 81.5. The van der Waals surface area contributed by atoms with Crippen molar-refractivity contribution < 1.29 is 71.4 Å². The molecule has 700 valence electrons. The highest BCUT2D eigenvalue weighted by molar-refractivity contribution is 7.81. The molecule has 0 aliphatic rings. The van der Waals surface area contributed by atoms with Crippen LogP contribution in [0.4, 0.5) is 41.0 Å². The Labute approximate surface area is 826 Å². The summed E-state index contributed by atoms with van der Waals surface area (Å²) >= 11 is 5.43. The molecule has 18 nitrogen and oxygen atoms in total. The van der Waals surface area contributed by atoms with Crippen LogP contribution in [-0.4, -0.2) is 41.6 Å². The van der Waals surface area contributed by atoms with Crippen molar-refractivity contribution in [2.45, 2.75) is 111 Å². The standard InChI is InChI=1S/C19H18O2.C17H16N2O.C17H15NS.4C17H14O3/c1-6-16-8-7-14(4)18(15(16)5)21-19(20)17-10-12(2)9-13(3)11-17;1-4-14-6-5-7-15(11-14)18-17(20)19-16-9-12(2)8-13(3)10-16;1-4-14-5-7-16(8-6-14)18-17(19)15-10-12(2)9-13(3)11-15;1-4-14-6-9-15(10-7-14)19-17(18)20-16-8-5-12(2)13(3)11-16;1-4-14-5-7-15(8-6-14)19-17(18)20-16-10-12(2)9-13(3)11-16;1-4-14-6-5-7-15(11-14)19-17(18)20-16-9-12(2)8-13(3)10-16;1-4-14-6-5-7-15(11-14)19-17(18)20-16-9-8-12(2)13(3)10-16/h1,7-11H,2-5H3;1,5-11H,2-3H3,(H2,18,19,20);1,5-11H,2-3H3,(H,18,19);4*1,5-11H,2-3H3. The van der Waals surface area contributed by atoms with Gasteiger partial charge in [-0.3, -0.25) is 0 Å². The average Bonchev–Trinajstić information content (AvgIpc) is 0.817. The number of amides is 2. The van der Waals surface area contributed by atoms with Crippen LogP contribution < -0.4 is 58.6 Å². The predicted octanol–water partition coefficient (Wildman–Crippen LogP) is 27.6. The fourth-order valence-electron chi connectivity index (χ4n) is 13.3. The largest absolute Gasteiger partial charge is 0.519 e. The fraction of sp³-hybridized carbons (Fsp3) is 0.132. The first-order valence-electron chi connectivity index (χ1n) is 43.6. The summed E-state index contributed by atoms with van der Waals surface area (Å²) in [5, 5.41) is 8.79. The number of anilines is 3. The lowest BCUT2D eigenvalue weighted by Gasteiger charge is -2.12. The van der Waals surface area contributed by atoms with Crippen LogP contribution in [0, 0.1) is 197 Å². The van der Waals surface area contributed by atoms with E-state index in [1.165, 1.54) is 11.1 Å². The lowest BCUT2D eigenvalue weighted by molar-refractivity contribution is 0.0731. The molecule has 0 heterocycles. The third-order valence-electron chi connectivity index (χ3n) is 20.0. The lowest BCUT2D eigenvalue weighted by Crippen LogP contribution is -2.19. The molecule has 0 atom stereocenters. The highest BCUT2D eigenvalue weighted by Crippen LogP contribution is 2.30. The lowest BCUT2D eigenvalue weighted by atomic mass is 10.0. The summed E-state index contributed by atoms with van der Waals surface area (Å²) < 4.78 is 46.4. The number of rotatable bonds is 14. The highest BCUT2D eigenvalue weighted by Gasteiger charge is 2.18. The molecule has 140 heavy (non-hydrogen) atoms. The number of hydrogen-bond donors (Lipinski definition) is 3. The molecule has 0 aliphatic carbocycles. The Morgan fingerprint density at radius 3 is 0.914 bits per heavy atom. The molecular formula is C121H105N3O15S. The Hall–Kier alpha value is -18.3. The Morgan fingerprint density at radius 1 is 0.236 bits per heavy atom. The number of esters is 1. The Kier molecular flexibility index (Phi) is 41.0. The summed E-state index contributed by atoms with van der Waals surface area (Å²) in [6.45, 7) is 31.4. The third kappa shape index (κ3) is 36.6. The van der Waals surface area contributed by atoms with Crippen LogP contribution in [0.5, 0.6) is 51.7 Å². The molecule has 0 saturated carbocycles. The number of nitrogens with one attached hydrogen (secondary N) is 3. The van der Waals surface area contributed by atoms with Gasteiger partial charge in [0.05, 0.1) is 5.56 Å². The number of carbonyl (C=O) groups is 6. The van der Waals surface area contributed by atoms with E-state index >= 15 is 0 Å². The van der Waals surface area contributed by atoms with E-state index in [-0.39, 0.29) is 12.0 Å². The molecular weight excluding hydrogens is 1770 g/mol. The van der Waals surface area contributed by atoms with Crippen molar-refractivity contribution in [3.8, 4) is 138 Å². The van der Waals surface area contributed by atoms with Crippen molar-refractivity contribution in [1.29, 1.82) is 0 Å². The van der Waals surface area contributed by atoms with Gasteiger partial charge in [0.2, 0.25) is 0 Å². The van der Waals surface area contributed by atoms with E-state index in [1.54, 1.807) is 158 Å². The van der Waals surface area contributed by atoms with E-state index in [9.17, 15) is 28.8 Å². The van der Waals surface area contributed by atoms with Gasteiger partial charge in [0.15, 0.2) is 0 Å². The summed E-state index contributed by atoms with van der Waals surface area (Å²) in [6.07, 6.45) is 34.1. The van der Waals surface area contributed by atoms with Crippen LogP contribution in [0.25, 0.3) is 0 Å². The molecule has 14 rings (SSSR count). The molecule has 0 fully saturated rings. The highest BCUT2D eigenvalue weighted by atomic mass is 32.1. The normalized spacial score (nSPS) is 9.72. The smallest absolute Gasteiger partial charge is 0.422 e. The first-order valence-corrected chi connectivity index (χ1v) is 44.0. The second kappa shape index (κ2) is 53.6. The Morgan fingerprint density at radius 2 is 0.543 bits per heavy atom. The second-order valence-electron chi connectivity index (χ2n) is 32.2. The van der Waals surface area contributed by atoms with E-state index in [1.807, 2.05) is 200 Å². The molecule has 0 spiro atoms. The van der Waals surface area contributed by atoms with Gasteiger partial charge in [-0.05, 0) is 390 Å². The number of terminal acetylenes is 7. The SMILES string of the molecule is C#Cc1ccc(C)c(OC(=O)c2cc(C)cc(C)c2)c1C.C#Cc1ccc(NC(=S)c2cc(C)cc(C)c2)cc1.C#Cc1ccc(OC(=O)Oc2cc(C)cc(C)c2)cc1.C#Cc1ccc(OC(=O)Oc2ccc(C)c(C)c2)cc1.C#Cc1cccc(NC(=O)Nc2cc(C)cc(C)c2)c1.C#Cc1cccc(OC(=O)Oc2cc(C)cc(C)c2)c1.C#Cc1cccc(OC(=O)Oc2ccc(C)c(C)c2)c1. The van der Waals surface area contributed by atoms with Gasteiger partial charge in [-0.2, -0.15) is 0 Å². The van der Waals surface area contributed by atoms with Crippen molar-refractivity contribution in [2.24, 2.45) is 0 Å². The summed E-state index contributed by atoms with van der Waals surface area (Å²) in [5.74, 6) is 21.2. The number of benzene rings is 14. The van der Waals surface area contributed by atoms with Crippen LogP contribution in [0.1, 0.15) is 144 Å². The first-order chi connectivity index (χ1) is 66.8. The molecule has 3 N–H and O–H groups in total. The molecule has 0 unspecified atom stereocenters. The zero-order valence-electron chi connectivity index (χ0n) is 80.7.